The standard InChI is InChI=1S/C30H28N4O2S/c1-22-11-8-16-25(21-22)34-29(26-17-9-19-36-26)32-33-30(34)37-20-10-18-27(35)31-28(23-12-4-2-5-13-23)24-14-6-3-7-15-24/h2-9,11-17,19,21,28H,10,18,20H2,1H3,(H,31,35). The molecule has 1 N–H and O–H groups in total. The SMILES string of the molecule is Cc1cccc(-n2c(SCCCC(=O)NC(c3ccccc3)c3ccccc3)nnc2-c2ccco2)c1. The zero-order valence-corrected chi connectivity index (χ0v) is 21.4. The number of rotatable bonds is 10. The van der Waals surface area contributed by atoms with Crippen molar-refractivity contribution in [3.8, 4) is 17.3 Å². The van der Waals surface area contributed by atoms with Gasteiger partial charge in [-0.25, -0.2) is 0 Å². The van der Waals surface area contributed by atoms with Gasteiger partial charge in [-0.1, -0.05) is 84.6 Å². The van der Waals surface area contributed by atoms with Crippen LogP contribution in [0.3, 0.4) is 0 Å². The minimum Gasteiger partial charge on any atom is -0.461 e. The highest BCUT2D eigenvalue weighted by atomic mass is 32.2. The number of nitrogens with zero attached hydrogens (tertiary/aromatic N) is 3. The van der Waals surface area contributed by atoms with Crippen molar-refractivity contribution >= 4 is 17.7 Å². The van der Waals surface area contributed by atoms with E-state index in [2.05, 4.69) is 34.6 Å². The monoisotopic (exact) mass is 508 g/mol. The number of thioether (sulfide) groups is 1. The summed E-state index contributed by atoms with van der Waals surface area (Å²) in [4.78, 5) is 12.9. The van der Waals surface area contributed by atoms with Crippen LogP contribution in [0, 0.1) is 6.92 Å². The molecule has 1 amide bonds. The first-order valence-electron chi connectivity index (χ1n) is 12.3. The van der Waals surface area contributed by atoms with Crippen LogP contribution >= 0.6 is 11.8 Å². The quantitative estimate of drug-likeness (QED) is 0.170. The van der Waals surface area contributed by atoms with Gasteiger partial charge in [0.15, 0.2) is 10.9 Å². The van der Waals surface area contributed by atoms with E-state index in [1.807, 2.05) is 89.5 Å². The van der Waals surface area contributed by atoms with Crippen molar-refractivity contribution < 1.29 is 9.21 Å². The van der Waals surface area contributed by atoms with Gasteiger partial charge in [0.25, 0.3) is 0 Å². The number of hydrogen-bond donors (Lipinski definition) is 1. The summed E-state index contributed by atoms with van der Waals surface area (Å²) < 4.78 is 7.62. The maximum absolute atomic E-state index is 12.9. The van der Waals surface area contributed by atoms with Gasteiger partial charge < -0.3 is 9.73 Å². The number of aryl methyl sites for hydroxylation is 1. The lowest BCUT2D eigenvalue weighted by Crippen LogP contribution is -2.29. The van der Waals surface area contributed by atoms with Crippen LogP contribution in [0.25, 0.3) is 17.3 Å². The second kappa shape index (κ2) is 11.8. The van der Waals surface area contributed by atoms with Gasteiger partial charge in [-0.3, -0.25) is 9.36 Å². The Morgan fingerprint density at radius 2 is 1.65 bits per heavy atom. The van der Waals surface area contributed by atoms with E-state index in [9.17, 15) is 4.79 Å². The molecule has 0 unspecified atom stereocenters. The van der Waals surface area contributed by atoms with Crippen LogP contribution < -0.4 is 5.32 Å². The highest BCUT2D eigenvalue weighted by Crippen LogP contribution is 2.29. The maximum atomic E-state index is 12.9. The molecular weight excluding hydrogens is 480 g/mol. The Kier molecular flexibility index (Phi) is 7.81. The van der Waals surface area contributed by atoms with Crippen molar-refractivity contribution in [2.24, 2.45) is 0 Å². The van der Waals surface area contributed by atoms with E-state index in [1.165, 1.54) is 0 Å². The lowest BCUT2D eigenvalue weighted by molar-refractivity contribution is -0.121. The fourth-order valence-electron chi connectivity index (χ4n) is 4.21. The van der Waals surface area contributed by atoms with Crippen LogP contribution in [0.15, 0.2) is 113 Å². The average molecular weight is 509 g/mol. The first-order chi connectivity index (χ1) is 18.2. The lowest BCUT2D eigenvalue weighted by atomic mass is 9.98. The molecule has 3 aromatic carbocycles. The molecule has 0 saturated carbocycles. The van der Waals surface area contributed by atoms with Gasteiger partial charge in [-0.2, -0.15) is 0 Å². The number of carbonyl (C=O) groups is 1. The predicted octanol–water partition coefficient (Wildman–Crippen LogP) is 6.61. The van der Waals surface area contributed by atoms with Gasteiger partial charge in [0.1, 0.15) is 0 Å². The molecule has 37 heavy (non-hydrogen) atoms. The molecule has 2 aromatic heterocycles. The molecule has 5 aromatic rings. The summed E-state index contributed by atoms with van der Waals surface area (Å²) in [6, 6.07) is 31.9. The second-order valence-corrected chi connectivity index (χ2v) is 9.79. The Balaban J connectivity index is 1.25. The molecule has 0 saturated heterocycles. The van der Waals surface area contributed by atoms with Crippen molar-refractivity contribution in [2.75, 3.05) is 5.75 Å². The molecule has 0 radical (unpaired) electrons. The predicted molar refractivity (Wildman–Crippen MR) is 147 cm³/mol. The van der Waals surface area contributed by atoms with E-state index in [0.717, 1.165) is 33.3 Å². The fourth-order valence-corrected chi connectivity index (χ4v) is 5.10. The topological polar surface area (TPSA) is 73.0 Å². The Morgan fingerprint density at radius 1 is 0.919 bits per heavy atom. The Bertz CT molecular complexity index is 1390. The molecule has 0 aliphatic carbocycles. The number of amides is 1. The lowest BCUT2D eigenvalue weighted by Gasteiger charge is -2.20. The van der Waals surface area contributed by atoms with Crippen molar-refractivity contribution in [3.05, 3.63) is 120 Å². The van der Waals surface area contributed by atoms with E-state index in [4.69, 9.17) is 4.42 Å². The summed E-state index contributed by atoms with van der Waals surface area (Å²) in [7, 11) is 0. The van der Waals surface area contributed by atoms with Gasteiger partial charge in [-0.15, -0.1) is 10.2 Å². The summed E-state index contributed by atoms with van der Waals surface area (Å²) >= 11 is 1.59. The summed E-state index contributed by atoms with van der Waals surface area (Å²) in [5, 5.41) is 12.8. The third-order valence-electron chi connectivity index (χ3n) is 5.99. The Morgan fingerprint density at radius 3 is 2.30 bits per heavy atom. The molecule has 0 atom stereocenters. The number of nitrogens with one attached hydrogen (secondary N) is 1. The van der Waals surface area contributed by atoms with Gasteiger partial charge in [0, 0.05) is 12.2 Å². The Labute approximate surface area is 220 Å². The molecule has 0 aliphatic rings. The number of furan rings is 1. The molecule has 0 fully saturated rings. The third-order valence-corrected chi connectivity index (χ3v) is 7.00. The molecule has 0 spiro atoms. The molecular formula is C30H28N4O2S. The van der Waals surface area contributed by atoms with Gasteiger partial charge in [0.2, 0.25) is 11.7 Å². The maximum Gasteiger partial charge on any atom is 0.220 e. The fraction of sp³-hybridized carbons (Fsp3) is 0.167. The van der Waals surface area contributed by atoms with Gasteiger partial charge in [0.05, 0.1) is 18.0 Å². The van der Waals surface area contributed by atoms with Crippen LogP contribution in [0.5, 0.6) is 0 Å². The molecule has 186 valence electrons. The van der Waals surface area contributed by atoms with Crippen LogP contribution in [-0.2, 0) is 4.79 Å². The number of aromatic nitrogens is 3. The minimum atomic E-state index is -0.178. The molecule has 5 rings (SSSR count). The first kappa shape index (κ1) is 24.6. The summed E-state index contributed by atoms with van der Waals surface area (Å²) in [5.41, 5.74) is 4.25. The number of carbonyl (C=O) groups excluding carboxylic acids is 1. The largest absolute Gasteiger partial charge is 0.461 e. The highest BCUT2D eigenvalue weighted by Gasteiger charge is 2.19. The normalized spacial score (nSPS) is 11.1. The van der Waals surface area contributed by atoms with Crippen LogP contribution in [0.1, 0.15) is 35.6 Å². The van der Waals surface area contributed by atoms with Gasteiger partial charge in [-0.05, 0) is 54.3 Å². The van der Waals surface area contributed by atoms with E-state index in [0.29, 0.717) is 24.4 Å². The number of benzene rings is 3. The molecule has 6 nitrogen and oxygen atoms in total. The molecule has 0 bridgehead atoms. The average Bonchev–Trinajstić information content (AvgIpc) is 3.61. The minimum absolute atomic E-state index is 0.0229. The van der Waals surface area contributed by atoms with Gasteiger partial charge >= 0.3 is 0 Å². The van der Waals surface area contributed by atoms with E-state index >= 15 is 0 Å². The van der Waals surface area contributed by atoms with E-state index in [1.54, 1.807) is 18.0 Å². The Hall–Kier alpha value is -4.10. The van der Waals surface area contributed by atoms with Crippen LogP contribution in [-0.4, -0.2) is 26.4 Å². The summed E-state index contributed by atoms with van der Waals surface area (Å²) in [6.07, 6.45) is 2.77. The second-order valence-electron chi connectivity index (χ2n) is 8.73. The zero-order valence-electron chi connectivity index (χ0n) is 20.6. The zero-order chi connectivity index (χ0) is 25.5. The first-order valence-corrected chi connectivity index (χ1v) is 13.3. The molecule has 7 heteroatoms. The van der Waals surface area contributed by atoms with Crippen molar-refractivity contribution in [1.82, 2.24) is 20.1 Å². The van der Waals surface area contributed by atoms with Crippen LogP contribution in [0.2, 0.25) is 0 Å². The van der Waals surface area contributed by atoms with Crippen molar-refractivity contribution in [2.45, 2.75) is 31.0 Å². The third kappa shape index (κ3) is 6.01. The van der Waals surface area contributed by atoms with Crippen molar-refractivity contribution in [3.63, 3.8) is 0 Å². The smallest absolute Gasteiger partial charge is 0.220 e. The summed E-state index contributed by atoms with van der Waals surface area (Å²) in [5.74, 6) is 2.07. The van der Waals surface area contributed by atoms with Crippen LogP contribution in [0.4, 0.5) is 0 Å². The van der Waals surface area contributed by atoms with E-state index in [-0.39, 0.29) is 11.9 Å². The molecule has 2 heterocycles. The molecule has 0 aliphatic heterocycles. The summed E-state index contributed by atoms with van der Waals surface area (Å²) in [6.45, 7) is 2.06. The van der Waals surface area contributed by atoms with Crippen molar-refractivity contribution in [1.29, 1.82) is 0 Å². The van der Waals surface area contributed by atoms with E-state index < -0.39 is 0 Å². The highest BCUT2D eigenvalue weighted by molar-refractivity contribution is 7.99. The number of hydrogen-bond acceptors (Lipinski definition) is 5.